The zero-order chi connectivity index (χ0) is 15.4. The number of hydrogen-bond donors (Lipinski definition) is 4. The van der Waals surface area contributed by atoms with Crippen LogP contribution in [0.3, 0.4) is 0 Å². The molecule has 1 heterocycles. The Morgan fingerprint density at radius 3 is 2.60 bits per heavy atom. The number of amides is 1. The van der Waals surface area contributed by atoms with E-state index in [9.17, 15) is 23.1 Å². The Balaban J connectivity index is 2.73. The van der Waals surface area contributed by atoms with E-state index in [-0.39, 0.29) is 38.3 Å². The molecule has 1 aliphatic heterocycles. The molecule has 1 rings (SSSR count). The molecule has 4 N–H and O–H groups in total. The van der Waals surface area contributed by atoms with Crippen molar-refractivity contribution in [2.75, 3.05) is 13.2 Å². The Morgan fingerprint density at radius 2 is 2.15 bits per heavy atom. The molecule has 20 heavy (non-hydrogen) atoms. The highest BCUT2D eigenvalue weighted by atomic mass is 19.4. The second-order valence-electron chi connectivity index (χ2n) is 5.14. The summed E-state index contributed by atoms with van der Waals surface area (Å²) in [5.41, 5.74) is -1.15. The van der Waals surface area contributed by atoms with Crippen molar-refractivity contribution in [1.29, 1.82) is 0 Å². The molecule has 3 atom stereocenters. The van der Waals surface area contributed by atoms with Gasteiger partial charge in [0.25, 0.3) is 0 Å². The smallest absolute Gasteiger partial charge is 0.389 e. The zero-order valence-corrected chi connectivity index (χ0v) is 11.3. The van der Waals surface area contributed by atoms with Crippen molar-refractivity contribution in [3.05, 3.63) is 0 Å². The van der Waals surface area contributed by atoms with Crippen LogP contribution in [-0.4, -0.2) is 53.1 Å². The number of alkyl halides is 3. The van der Waals surface area contributed by atoms with Gasteiger partial charge in [0.1, 0.15) is 0 Å². The third-order valence-electron chi connectivity index (χ3n) is 3.62. The van der Waals surface area contributed by atoms with Crippen molar-refractivity contribution in [1.82, 2.24) is 10.6 Å². The number of hydrogen-bond acceptors (Lipinski definition) is 4. The number of rotatable bonds is 6. The average Bonchev–Trinajstić information content (AvgIpc) is 2.65. The lowest BCUT2D eigenvalue weighted by Gasteiger charge is -2.34. The maximum Gasteiger partial charge on any atom is 0.389 e. The summed E-state index contributed by atoms with van der Waals surface area (Å²) in [6.45, 7) is 1.42. The average molecular weight is 298 g/mol. The highest BCUT2D eigenvalue weighted by Gasteiger charge is 2.48. The van der Waals surface area contributed by atoms with E-state index in [0.29, 0.717) is 0 Å². The zero-order valence-electron chi connectivity index (χ0n) is 11.3. The van der Waals surface area contributed by atoms with E-state index in [1.807, 2.05) is 0 Å². The molecule has 118 valence electrons. The van der Waals surface area contributed by atoms with Gasteiger partial charge >= 0.3 is 6.18 Å². The number of aliphatic hydroxyl groups excluding tert-OH is 2. The SMILES string of the molecule is CCC(=O)N[C@@]1(CCCC(F)(F)F)CN[C@@H](CO)[C@H]1O. The first-order chi connectivity index (χ1) is 9.24. The number of carbonyl (C=O) groups is 1. The van der Waals surface area contributed by atoms with Crippen LogP contribution in [0.2, 0.25) is 0 Å². The normalized spacial score (nSPS) is 30.5. The molecule has 0 bridgehead atoms. The Morgan fingerprint density at radius 1 is 1.50 bits per heavy atom. The lowest BCUT2D eigenvalue weighted by Crippen LogP contribution is -2.57. The number of aliphatic hydroxyl groups is 2. The van der Waals surface area contributed by atoms with Crippen LogP contribution >= 0.6 is 0 Å². The molecule has 0 spiro atoms. The Kier molecular flexibility index (Phi) is 5.79. The highest BCUT2D eigenvalue weighted by molar-refractivity contribution is 5.76. The molecule has 0 unspecified atom stereocenters. The van der Waals surface area contributed by atoms with Gasteiger partial charge in [0.15, 0.2) is 0 Å². The molecular formula is C12H21F3N2O3. The van der Waals surface area contributed by atoms with Crippen LogP contribution in [0.4, 0.5) is 13.2 Å². The largest absolute Gasteiger partial charge is 0.395 e. The third-order valence-corrected chi connectivity index (χ3v) is 3.62. The first-order valence-electron chi connectivity index (χ1n) is 6.64. The van der Waals surface area contributed by atoms with Crippen molar-refractivity contribution in [2.45, 2.75) is 56.5 Å². The van der Waals surface area contributed by atoms with Crippen molar-refractivity contribution in [2.24, 2.45) is 0 Å². The van der Waals surface area contributed by atoms with Gasteiger partial charge in [-0.3, -0.25) is 4.79 Å². The quantitative estimate of drug-likeness (QED) is 0.569. The molecule has 5 nitrogen and oxygen atoms in total. The monoisotopic (exact) mass is 298 g/mol. The summed E-state index contributed by atoms with van der Waals surface area (Å²) in [4.78, 5) is 11.5. The lowest BCUT2D eigenvalue weighted by atomic mass is 9.86. The van der Waals surface area contributed by atoms with Gasteiger partial charge in [-0.1, -0.05) is 6.92 Å². The fourth-order valence-corrected chi connectivity index (χ4v) is 2.47. The maximum absolute atomic E-state index is 12.2. The summed E-state index contributed by atoms with van der Waals surface area (Å²) in [6, 6.07) is -0.641. The molecule has 0 aromatic heterocycles. The van der Waals surface area contributed by atoms with Crippen LogP contribution in [0.25, 0.3) is 0 Å². The molecule has 0 aliphatic carbocycles. The predicted molar refractivity (Wildman–Crippen MR) is 66.0 cm³/mol. The van der Waals surface area contributed by atoms with Crippen molar-refractivity contribution in [3.8, 4) is 0 Å². The van der Waals surface area contributed by atoms with E-state index < -0.39 is 30.3 Å². The second kappa shape index (κ2) is 6.73. The van der Waals surface area contributed by atoms with E-state index in [0.717, 1.165) is 0 Å². The van der Waals surface area contributed by atoms with Crippen molar-refractivity contribution >= 4 is 5.91 Å². The minimum Gasteiger partial charge on any atom is -0.395 e. The highest BCUT2D eigenvalue weighted by Crippen LogP contribution is 2.30. The molecule has 0 saturated carbocycles. The standard InChI is InChI=1S/C12H21F3N2O3/c1-2-9(19)17-11(4-3-5-12(13,14)15)7-16-8(6-18)10(11)20/h8,10,16,18,20H,2-7H2,1H3,(H,17,19)/t8-,10+,11-/m0/s1. The molecular weight excluding hydrogens is 277 g/mol. The summed E-state index contributed by atoms with van der Waals surface area (Å²) in [5, 5.41) is 24.7. The van der Waals surface area contributed by atoms with E-state index in [2.05, 4.69) is 10.6 Å². The van der Waals surface area contributed by atoms with E-state index in [1.54, 1.807) is 6.92 Å². The van der Waals surface area contributed by atoms with Crippen molar-refractivity contribution < 1.29 is 28.2 Å². The fourth-order valence-electron chi connectivity index (χ4n) is 2.47. The molecule has 0 radical (unpaired) electrons. The van der Waals surface area contributed by atoms with Crippen LogP contribution < -0.4 is 10.6 Å². The second-order valence-corrected chi connectivity index (χ2v) is 5.14. The molecule has 0 aromatic rings. The summed E-state index contributed by atoms with van der Waals surface area (Å²) in [6.07, 6.45) is -6.35. The van der Waals surface area contributed by atoms with Gasteiger partial charge in [0, 0.05) is 19.4 Å². The topological polar surface area (TPSA) is 81.6 Å². The summed E-state index contributed by atoms with van der Waals surface area (Å²) >= 11 is 0. The van der Waals surface area contributed by atoms with Crippen molar-refractivity contribution in [3.63, 3.8) is 0 Å². The Labute approximate surface area is 115 Å². The number of nitrogens with one attached hydrogen (secondary N) is 2. The van der Waals surface area contributed by atoms with Crippen LogP contribution in [0.5, 0.6) is 0 Å². The third kappa shape index (κ3) is 4.32. The minimum absolute atomic E-state index is 0.00289. The fraction of sp³-hybridized carbons (Fsp3) is 0.917. The van der Waals surface area contributed by atoms with Crippen LogP contribution in [0.15, 0.2) is 0 Å². The van der Waals surface area contributed by atoms with Gasteiger partial charge in [-0.05, 0) is 12.8 Å². The van der Waals surface area contributed by atoms with Gasteiger partial charge in [0.2, 0.25) is 5.91 Å². The van der Waals surface area contributed by atoms with Gasteiger partial charge in [0.05, 0.1) is 24.3 Å². The molecule has 1 aliphatic rings. The Hall–Kier alpha value is -0.860. The minimum atomic E-state index is -4.26. The predicted octanol–water partition coefficient (Wildman–Crippen LogP) is 0.309. The maximum atomic E-state index is 12.2. The van der Waals surface area contributed by atoms with Crippen LogP contribution in [-0.2, 0) is 4.79 Å². The first-order valence-corrected chi connectivity index (χ1v) is 6.64. The first kappa shape index (κ1) is 17.2. The van der Waals surface area contributed by atoms with Crippen LogP contribution in [0.1, 0.15) is 32.6 Å². The molecule has 8 heteroatoms. The molecule has 1 amide bonds. The van der Waals surface area contributed by atoms with Crippen LogP contribution in [0, 0.1) is 0 Å². The van der Waals surface area contributed by atoms with E-state index in [4.69, 9.17) is 5.11 Å². The molecule has 0 aromatic carbocycles. The van der Waals surface area contributed by atoms with E-state index >= 15 is 0 Å². The van der Waals surface area contributed by atoms with Gasteiger partial charge < -0.3 is 20.8 Å². The van der Waals surface area contributed by atoms with Gasteiger partial charge in [-0.25, -0.2) is 0 Å². The lowest BCUT2D eigenvalue weighted by molar-refractivity contribution is -0.137. The van der Waals surface area contributed by atoms with E-state index in [1.165, 1.54) is 0 Å². The molecule has 1 saturated heterocycles. The number of carbonyl (C=O) groups excluding carboxylic acids is 1. The summed E-state index contributed by atoms with van der Waals surface area (Å²) in [5.74, 6) is -0.337. The summed E-state index contributed by atoms with van der Waals surface area (Å²) in [7, 11) is 0. The van der Waals surface area contributed by atoms with Gasteiger partial charge in [-0.2, -0.15) is 13.2 Å². The molecule has 1 fully saturated rings. The Bertz CT molecular complexity index is 338. The van der Waals surface area contributed by atoms with Gasteiger partial charge in [-0.15, -0.1) is 0 Å². The number of halogens is 3. The summed E-state index contributed by atoms with van der Waals surface area (Å²) < 4.78 is 36.7.